The minimum absolute atomic E-state index is 0.0746. The second kappa shape index (κ2) is 5.01. The number of carbonyl (C=O) groups is 1. The summed E-state index contributed by atoms with van der Waals surface area (Å²) in [7, 11) is 0. The van der Waals surface area contributed by atoms with Crippen molar-refractivity contribution in [2.45, 2.75) is 33.6 Å². The summed E-state index contributed by atoms with van der Waals surface area (Å²) < 4.78 is 3.83. The summed E-state index contributed by atoms with van der Waals surface area (Å²) in [5, 5.41) is 4.83. The van der Waals surface area contributed by atoms with Gasteiger partial charge in [-0.15, -0.1) is 16.4 Å². The lowest BCUT2D eigenvalue weighted by molar-refractivity contribution is 0.0995. The van der Waals surface area contributed by atoms with Gasteiger partial charge in [0.2, 0.25) is 0 Å². The first kappa shape index (κ1) is 12.3. The largest absolute Gasteiger partial charge is 0.293 e. The van der Waals surface area contributed by atoms with Crippen LogP contribution in [0.1, 0.15) is 37.9 Å². The lowest BCUT2D eigenvalue weighted by atomic mass is 10.2. The monoisotopic (exact) mass is 267 g/mol. The van der Waals surface area contributed by atoms with E-state index in [1.165, 1.54) is 16.4 Å². The molecule has 0 spiro atoms. The minimum atomic E-state index is 0.0746. The highest BCUT2D eigenvalue weighted by Gasteiger charge is 2.17. The first-order chi connectivity index (χ1) is 8.11. The van der Waals surface area contributed by atoms with Gasteiger partial charge in [0.25, 0.3) is 0 Å². The third-order valence-corrected chi connectivity index (χ3v) is 4.41. The van der Waals surface area contributed by atoms with E-state index >= 15 is 0 Å². The van der Waals surface area contributed by atoms with Gasteiger partial charge in [-0.3, -0.25) is 4.79 Å². The number of aryl methyl sites for hydroxylation is 3. The molecule has 6 heteroatoms. The summed E-state index contributed by atoms with van der Waals surface area (Å²) in [6, 6.07) is 0. The quantitative estimate of drug-likeness (QED) is 0.799. The molecule has 0 atom stereocenters. The zero-order chi connectivity index (χ0) is 12.4. The second-order valence-corrected chi connectivity index (χ2v) is 5.79. The summed E-state index contributed by atoms with van der Waals surface area (Å²) in [5.74, 6) is 0.0746. The molecule has 2 aromatic heterocycles. The number of ketones is 1. The molecule has 0 unspecified atom stereocenters. The molecule has 0 aliphatic heterocycles. The fraction of sp³-hybridized carbons (Fsp3) is 0.455. The standard InChI is InChI=1S/C11H13N3OS2/c1-4-8-11(17-14-13-8)9(15)5-10-12-6(2)7(3)16-10/h4-5H2,1-3H3. The topological polar surface area (TPSA) is 55.7 Å². The molecule has 0 aliphatic rings. The Balaban J connectivity index is 2.17. The lowest BCUT2D eigenvalue weighted by Gasteiger charge is -1.95. The van der Waals surface area contributed by atoms with E-state index < -0.39 is 0 Å². The molecular weight excluding hydrogens is 254 g/mol. The van der Waals surface area contributed by atoms with Crippen molar-refractivity contribution in [2.75, 3.05) is 0 Å². The Morgan fingerprint density at radius 1 is 1.35 bits per heavy atom. The van der Waals surface area contributed by atoms with Gasteiger partial charge < -0.3 is 0 Å². The average Bonchev–Trinajstić information content (AvgIpc) is 2.86. The molecule has 4 nitrogen and oxygen atoms in total. The molecule has 0 N–H and O–H groups in total. The second-order valence-electron chi connectivity index (χ2n) is 3.75. The fourth-order valence-corrected chi connectivity index (χ4v) is 3.10. The minimum Gasteiger partial charge on any atom is -0.293 e. The van der Waals surface area contributed by atoms with Crippen LogP contribution < -0.4 is 0 Å². The van der Waals surface area contributed by atoms with E-state index in [9.17, 15) is 4.79 Å². The summed E-state index contributed by atoms with van der Waals surface area (Å²) in [6.45, 7) is 5.96. The molecule has 0 fully saturated rings. The van der Waals surface area contributed by atoms with Crippen molar-refractivity contribution in [2.24, 2.45) is 0 Å². The van der Waals surface area contributed by atoms with Crippen LogP contribution in [0.3, 0.4) is 0 Å². The molecular formula is C11H13N3OS2. The molecule has 0 bridgehead atoms. The molecule has 2 aromatic rings. The Bertz CT molecular complexity index is 525. The predicted octanol–water partition coefficient (Wildman–Crippen LogP) is 2.60. The Morgan fingerprint density at radius 3 is 2.71 bits per heavy atom. The third-order valence-electron chi connectivity index (χ3n) is 2.53. The van der Waals surface area contributed by atoms with Crippen molar-refractivity contribution in [1.29, 1.82) is 0 Å². The first-order valence-corrected chi connectivity index (χ1v) is 6.98. The van der Waals surface area contributed by atoms with Crippen LogP contribution in [0.15, 0.2) is 0 Å². The smallest absolute Gasteiger partial charge is 0.183 e. The van der Waals surface area contributed by atoms with Gasteiger partial charge in [0.1, 0.15) is 9.88 Å². The van der Waals surface area contributed by atoms with Crippen molar-refractivity contribution >= 4 is 28.7 Å². The fourth-order valence-electron chi connectivity index (χ4n) is 1.48. The number of hydrogen-bond donors (Lipinski definition) is 0. The molecule has 0 radical (unpaired) electrons. The van der Waals surface area contributed by atoms with Gasteiger partial charge in [-0.2, -0.15) is 0 Å². The summed E-state index contributed by atoms with van der Waals surface area (Å²) in [5.41, 5.74) is 1.81. The summed E-state index contributed by atoms with van der Waals surface area (Å²) in [6.07, 6.45) is 1.10. The van der Waals surface area contributed by atoms with Crippen molar-refractivity contribution in [3.8, 4) is 0 Å². The number of Topliss-reactive ketones (excluding diaryl/α,β-unsaturated/α-hetero) is 1. The highest BCUT2D eigenvalue weighted by atomic mass is 32.1. The van der Waals surface area contributed by atoms with E-state index in [0.29, 0.717) is 11.3 Å². The molecule has 90 valence electrons. The van der Waals surface area contributed by atoms with E-state index in [2.05, 4.69) is 14.6 Å². The van der Waals surface area contributed by atoms with Crippen LogP contribution >= 0.6 is 22.9 Å². The average molecular weight is 267 g/mol. The van der Waals surface area contributed by atoms with Crippen LogP contribution in [0.4, 0.5) is 0 Å². The summed E-state index contributed by atoms with van der Waals surface area (Å²) >= 11 is 2.76. The van der Waals surface area contributed by atoms with Gasteiger partial charge in [-0.05, 0) is 31.8 Å². The SMILES string of the molecule is CCc1nnsc1C(=O)Cc1nc(C)c(C)s1. The maximum absolute atomic E-state index is 12.1. The molecule has 0 saturated heterocycles. The molecule has 0 amide bonds. The van der Waals surface area contributed by atoms with Gasteiger partial charge in [-0.1, -0.05) is 11.4 Å². The number of rotatable bonds is 4. The number of nitrogens with zero attached hydrogens (tertiary/aromatic N) is 3. The van der Waals surface area contributed by atoms with Crippen LogP contribution in [-0.4, -0.2) is 20.4 Å². The van der Waals surface area contributed by atoms with Crippen molar-refractivity contribution in [1.82, 2.24) is 14.6 Å². The maximum Gasteiger partial charge on any atom is 0.183 e. The van der Waals surface area contributed by atoms with Crippen LogP contribution in [0, 0.1) is 13.8 Å². The Hall–Kier alpha value is -1.14. The number of thiazole rings is 1. The number of hydrogen-bond acceptors (Lipinski definition) is 6. The Kier molecular flexibility index (Phi) is 3.63. The number of carbonyl (C=O) groups excluding carboxylic acids is 1. The van der Waals surface area contributed by atoms with E-state index in [1.54, 1.807) is 11.3 Å². The predicted molar refractivity (Wildman–Crippen MR) is 68.9 cm³/mol. The van der Waals surface area contributed by atoms with Crippen LogP contribution in [-0.2, 0) is 12.8 Å². The van der Waals surface area contributed by atoms with Crippen molar-refractivity contribution in [3.63, 3.8) is 0 Å². The van der Waals surface area contributed by atoms with Crippen LogP contribution in [0.2, 0.25) is 0 Å². The first-order valence-electron chi connectivity index (χ1n) is 5.39. The van der Waals surface area contributed by atoms with E-state index in [0.717, 1.165) is 22.8 Å². The van der Waals surface area contributed by atoms with Crippen LogP contribution in [0.25, 0.3) is 0 Å². The highest BCUT2D eigenvalue weighted by Crippen LogP contribution is 2.20. The van der Waals surface area contributed by atoms with Crippen molar-refractivity contribution in [3.05, 3.63) is 26.1 Å². The van der Waals surface area contributed by atoms with Gasteiger partial charge in [0.15, 0.2) is 5.78 Å². The lowest BCUT2D eigenvalue weighted by Crippen LogP contribution is -2.04. The molecule has 0 aromatic carbocycles. The molecule has 0 saturated carbocycles. The van der Waals surface area contributed by atoms with E-state index in [1.807, 2.05) is 20.8 Å². The zero-order valence-electron chi connectivity index (χ0n) is 9.98. The zero-order valence-corrected chi connectivity index (χ0v) is 11.6. The Labute approximate surface area is 108 Å². The summed E-state index contributed by atoms with van der Waals surface area (Å²) in [4.78, 5) is 18.3. The molecule has 17 heavy (non-hydrogen) atoms. The third kappa shape index (κ3) is 2.58. The molecule has 2 rings (SSSR count). The van der Waals surface area contributed by atoms with Gasteiger partial charge in [0, 0.05) is 4.88 Å². The van der Waals surface area contributed by atoms with Gasteiger partial charge in [-0.25, -0.2) is 4.98 Å². The maximum atomic E-state index is 12.1. The highest BCUT2D eigenvalue weighted by molar-refractivity contribution is 7.12. The van der Waals surface area contributed by atoms with Gasteiger partial charge in [0.05, 0.1) is 17.8 Å². The van der Waals surface area contributed by atoms with Crippen molar-refractivity contribution < 1.29 is 4.79 Å². The van der Waals surface area contributed by atoms with E-state index in [4.69, 9.17) is 0 Å². The number of aromatic nitrogens is 3. The van der Waals surface area contributed by atoms with Gasteiger partial charge >= 0.3 is 0 Å². The molecule has 0 aliphatic carbocycles. The molecule has 2 heterocycles. The van der Waals surface area contributed by atoms with Crippen LogP contribution in [0.5, 0.6) is 0 Å². The normalized spacial score (nSPS) is 10.8. The Morgan fingerprint density at radius 2 is 2.12 bits per heavy atom. The van der Waals surface area contributed by atoms with E-state index in [-0.39, 0.29) is 5.78 Å².